The van der Waals surface area contributed by atoms with Gasteiger partial charge in [-0.3, -0.25) is 0 Å². The van der Waals surface area contributed by atoms with Gasteiger partial charge < -0.3 is 26.4 Å². The largest absolute Gasteiger partial charge is 1.00 e. The molecule has 0 spiro atoms. The van der Waals surface area contributed by atoms with Crippen molar-refractivity contribution in [3.8, 4) is 0 Å². The van der Waals surface area contributed by atoms with Crippen LogP contribution in [0.3, 0.4) is 0 Å². The Bertz CT molecular complexity index is 207. The second kappa shape index (κ2) is 9.99. The Kier molecular flexibility index (Phi) is 10.1. The van der Waals surface area contributed by atoms with E-state index < -0.39 is 0 Å². The van der Waals surface area contributed by atoms with Crippen molar-refractivity contribution in [3.63, 3.8) is 0 Å². The van der Waals surface area contributed by atoms with Gasteiger partial charge in [-0.25, -0.2) is 0 Å². The minimum Gasteiger partial charge on any atom is -1.00 e. The first-order valence-electron chi connectivity index (χ1n) is 7.29. The molecule has 2 rings (SSSR count). The van der Waals surface area contributed by atoms with Crippen molar-refractivity contribution in [3.05, 3.63) is 12.7 Å². The van der Waals surface area contributed by atoms with Gasteiger partial charge in [0.2, 0.25) is 0 Å². The number of hydrogen-bond acceptors (Lipinski definition) is 1. The molecule has 0 atom stereocenters. The van der Waals surface area contributed by atoms with Crippen LogP contribution < -0.4 is 17.0 Å². The van der Waals surface area contributed by atoms with Gasteiger partial charge in [-0.1, -0.05) is 13.0 Å². The molecule has 0 aromatic carbocycles. The maximum Gasteiger partial charge on any atom is 0.0969 e. The van der Waals surface area contributed by atoms with E-state index >= 15 is 0 Å². The van der Waals surface area contributed by atoms with Crippen molar-refractivity contribution in [2.45, 2.75) is 38.5 Å². The molecule has 3 heteroatoms. The van der Waals surface area contributed by atoms with Gasteiger partial charge in [0.1, 0.15) is 0 Å². The topological polar surface area (TPSA) is 3.24 Å². The van der Waals surface area contributed by atoms with Crippen LogP contribution in [0.25, 0.3) is 0 Å². The van der Waals surface area contributed by atoms with Crippen molar-refractivity contribution in [1.29, 1.82) is 0 Å². The van der Waals surface area contributed by atoms with E-state index in [0.29, 0.717) is 0 Å². The lowest BCUT2D eigenvalue weighted by atomic mass is 10.1. The lowest BCUT2D eigenvalue weighted by Gasteiger charge is -2.36. The zero-order chi connectivity index (χ0) is 12.6. The van der Waals surface area contributed by atoms with Gasteiger partial charge in [-0.15, -0.1) is 0 Å². The molecule has 0 radical (unpaired) electrons. The number of nitrogens with zero attached hydrogens (tertiary/aromatic N) is 2. The third-order valence-electron chi connectivity index (χ3n) is 4.05. The Morgan fingerprint density at radius 3 is 1.89 bits per heavy atom. The minimum absolute atomic E-state index is 0. The molecular weight excluding hydrogens is 288 g/mol. The van der Waals surface area contributed by atoms with Crippen molar-refractivity contribution in [2.75, 3.05) is 46.8 Å². The molecule has 0 unspecified atom stereocenters. The molecule has 108 valence electrons. The summed E-state index contributed by atoms with van der Waals surface area (Å²) in [7, 11) is 4.53. The smallest absolute Gasteiger partial charge is 0.0969 e. The average Bonchev–Trinajstić information content (AvgIpc) is 2.31. The van der Waals surface area contributed by atoms with Crippen molar-refractivity contribution in [1.82, 2.24) is 4.90 Å². The number of rotatable bonds is 2. The Hall–Kier alpha value is 0.140. The molecule has 18 heavy (non-hydrogen) atoms. The van der Waals surface area contributed by atoms with Gasteiger partial charge in [0.25, 0.3) is 0 Å². The van der Waals surface area contributed by atoms with Crippen LogP contribution in [0.4, 0.5) is 0 Å². The normalized spacial score (nSPS) is 23.2. The second-order valence-corrected chi connectivity index (χ2v) is 5.96. The maximum atomic E-state index is 3.78. The van der Waals surface area contributed by atoms with Gasteiger partial charge in [0.15, 0.2) is 0 Å². The van der Waals surface area contributed by atoms with E-state index in [1.165, 1.54) is 69.2 Å². The summed E-state index contributed by atoms with van der Waals surface area (Å²) < 4.78 is 1.23. The monoisotopic (exact) mass is 318 g/mol. The molecule has 2 nitrogen and oxygen atoms in total. The number of likely N-dealkylation sites (N-methyl/N-ethyl adjacent to an activating group) is 1. The summed E-state index contributed by atoms with van der Waals surface area (Å²) in [5.41, 5.74) is 0. The summed E-state index contributed by atoms with van der Waals surface area (Å²) in [5, 5.41) is 0. The Labute approximate surface area is 124 Å². The SMILES string of the molecule is C=CC[N+]1(C)CCCCC1.CN1CCCCC1.[Br-]. The highest BCUT2D eigenvalue weighted by atomic mass is 79.9. The third-order valence-corrected chi connectivity index (χ3v) is 4.05. The van der Waals surface area contributed by atoms with E-state index in [-0.39, 0.29) is 17.0 Å². The number of piperidine rings is 2. The summed E-state index contributed by atoms with van der Waals surface area (Å²) in [6, 6.07) is 0. The summed E-state index contributed by atoms with van der Waals surface area (Å²) in [5.74, 6) is 0. The van der Waals surface area contributed by atoms with E-state index in [2.05, 4.69) is 25.6 Å². The molecule has 0 saturated carbocycles. The van der Waals surface area contributed by atoms with Crippen LogP contribution in [0.2, 0.25) is 0 Å². The predicted octanol–water partition coefficient (Wildman–Crippen LogP) is -0.0910. The van der Waals surface area contributed by atoms with E-state index in [1.807, 2.05) is 6.08 Å². The molecule has 2 fully saturated rings. The highest BCUT2D eigenvalue weighted by Crippen LogP contribution is 2.15. The number of quaternary nitrogens is 1. The van der Waals surface area contributed by atoms with Gasteiger partial charge in [-0.2, -0.15) is 0 Å². The quantitative estimate of drug-likeness (QED) is 0.508. The standard InChI is InChI=1S/C9H18N.C6H13N.BrH/c1-3-7-10(2)8-5-4-6-9-10;1-7-5-3-2-4-6-7;/h3H,1,4-9H2,2H3;2-6H2,1H3;1H/q+1;;/p-1. The first kappa shape index (κ1) is 18.1. The van der Waals surface area contributed by atoms with Gasteiger partial charge in [-0.05, 0) is 58.3 Å². The lowest BCUT2D eigenvalue weighted by molar-refractivity contribution is -0.908. The molecule has 2 aliphatic heterocycles. The second-order valence-electron chi connectivity index (χ2n) is 5.96. The highest BCUT2D eigenvalue weighted by molar-refractivity contribution is 4.66. The van der Waals surface area contributed by atoms with E-state index in [1.54, 1.807) is 0 Å². The molecule has 2 aliphatic rings. The molecule has 0 amide bonds. The predicted molar refractivity (Wildman–Crippen MR) is 76.2 cm³/mol. The third kappa shape index (κ3) is 7.55. The van der Waals surface area contributed by atoms with Gasteiger partial charge in [0, 0.05) is 0 Å². The molecule has 2 saturated heterocycles. The highest BCUT2D eigenvalue weighted by Gasteiger charge is 2.22. The fourth-order valence-corrected chi connectivity index (χ4v) is 2.82. The Morgan fingerprint density at radius 2 is 1.50 bits per heavy atom. The number of hydrogen-bond donors (Lipinski definition) is 0. The van der Waals surface area contributed by atoms with Crippen LogP contribution in [-0.4, -0.2) is 56.2 Å². The molecule has 2 heterocycles. The van der Waals surface area contributed by atoms with Crippen molar-refractivity contribution >= 4 is 0 Å². The molecule has 0 N–H and O–H groups in total. The molecular formula is C15H31BrN2. The van der Waals surface area contributed by atoms with Crippen LogP contribution in [0, 0.1) is 0 Å². The summed E-state index contributed by atoms with van der Waals surface area (Å²) in [6.07, 6.45) is 10.6. The minimum atomic E-state index is 0. The molecule has 0 aliphatic carbocycles. The Morgan fingerprint density at radius 1 is 1.00 bits per heavy atom. The first-order valence-corrected chi connectivity index (χ1v) is 7.29. The van der Waals surface area contributed by atoms with E-state index in [4.69, 9.17) is 0 Å². The summed E-state index contributed by atoms with van der Waals surface area (Å²) in [4.78, 5) is 2.39. The lowest BCUT2D eigenvalue weighted by Crippen LogP contribution is -3.00. The summed E-state index contributed by atoms with van der Waals surface area (Å²) in [6.45, 7) is 10.3. The van der Waals surface area contributed by atoms with Crippen molar-refractivity contribution in [2.24, 2.45) is 0 Å². The van der Waals surface area contributed by atoms with Gasteiger partial charge >= 0.3 is 0 Å². The van der Waals surface area contributed by atoms with Crippen LogP contribution in [0.1, 0.15) is 38.5 Å². The van der Waals surface area contributed by atoms with Crippen LogP contribution in [-0.2, 0) is 0 Å². The summed E-state index contributed by atoms with van der Waals surface area (Å²) >= 11 is 0. The van der Waals surface area contributed by atoms with E-state index in [0.717, 1.165) is 6.54 Å². The van der Waals surface area contributed by atoms with Crippen LogP contribution in [0.5, 0.6) is 0 Å². The van der Waals surface area contributed by atoms with Crippen LogP contribution >= 0.6 is 0 Å². The molecule has 0 aromatic rings. The number of likely N-dealkylation sites (tertiary alicyclic amines) is 2. The zero-order valence-electron chi connectivity index (χ0n) is 12.3. The Balaban J connectivity index is 0.000000321. The molecule has 0 aromatic heterocycles. The first-order chi connectivity index (χ1) is 8.16. The van der Waals surface area contributed by atoms with Gasteiger partial charge in [0.05, 0.1) is 26.7 Å². The fourth-order valence-electron chi connectivity index (χ4n) is 2.82. The zero-order valence-corrected chi connectivity index (χ0v) is 13.9. The average molecular weight is 319 g/mol. The molecule has 0 bridgehead atoms. The number of halogens is 1. The fraction of sp³-hybridized carbons (Fsp3) is 0.867. The van der Waals surface area contributed by atoms with Crippen molar-refractivity contribution < 1.29 is 21.5 Å². The van der Waals surface area contributed by atoms with Crippen LogP contribution in [0.15, 0.2) is 12.7 Å². The van der Waals surface area contributed by atoms with E-state index in [9.17, 15) is 0 Å². The maximum absolute atomic E-state index is 3.78.